The molecular weight excluding hydrogens is 452 g/mol. The molecule has 1 aliphatic heterocycles. The van der Waals surface area contributed by atoms with Gasteiger partial charge in [-0.25, -0.2) is 22.2 Å². The Morgan fingerprint density at radius 1 is 1.03 bits per heavy atom. The van der Waals surface area contributed by atoms with Crippen LogP contribution in [-0.4, -0.2) is 43.9 Å². The summed E-state index contributed by atoms with van der Waals surface area (Å²) in [6.45, 7) is 1.66. The molecule has 2 heterocycles. The largest absolute Gasteiger partial charge is 0.345 e. The van der Waals surface area contributed by atoms with E-state index in [1.807, 2.05) is 10.3 Å². The van der Waals surface area contributed by atoms with E-state index in [9.17, 15) is 17.2 Å². The molecule has 1 saturated heterocycles. The number of thiazole rings is 1. The minimum Gasteiger partial charge on any atom is -0.345 e. The predicted molar refractivity (Wildman–Crippen MR) is 114 cm³/mol. The number of halogens is 3. The maximum Gasteiger partial charge on any atom is 0.243 e. The number of hydrogen-bond donors (Lipinski definition) is 0. The van der Waals surface area contributed by atoms with Gasteiger partial charge < -0.3 is 4.90 Å². The summed E-state index contributed by atoms with van der Waals surface area (Å²) in [6.07, 6.45) is 0.537. The molecule has 0 atom stereocenters. The van der Waals surface area contributed by atoms with Crippen molar-refractivity contribution in [3.63, 3.8) is 0 Å². The van der Waals surface area contributed by atoms with Gasteiger partial charge in [0.15, 0.2) is 5.13 Å². The van der Waals surface area contributed by atoms with Crippen molar-refractivity contribution in [3.05, 3.63) is 75.8 Å². The second-order valence-electron chi connectivity index (χ2n) is 6.89. The van der Waals surface area contributed by atoms with E-state index in [2.05, 4.69) is 4.98 Å². The van der Waals surface area contributed by atoms with Gasteiger partial charge in [-0.1, -0.05) is 17.7 Å². The molecule has 30 heavy (non-hydrogen) atoms. The lowest BCUT2D eigenvalue weighted by atomic mass is 10.1. The molecule has 10 heteroatoms. The van der Waals surface area contributed by atoms with Crippen LogP contribution in [0.15, 0.2) is 52.7 Å². The topological polar surface area (TPSA) is 53.5 Å². The van der Waals surface area contributed by atoms with Gasteiger partial charge in [0.2, 0.25) is 10.0 Å². The highest BCUT2D eigenvalue weighted by Crippen LogP contribution is 2.26. The molecule has 158 valence electrons. The summed E-state index contributed by atoms with van der Waals surface area (Å²) in [5.41, 5.74) is 1.72. The van der Waals surface area contributed by atoms with Crippen LogP contribution in [0, 0.1) is 11.6 Å². The van der Waals surface area contributed by atoms with Crippen molar-refractivity contribution in [2.75, 3.05) is 31.1 Å². The molecule has 0 amide bonds. The van der Waals surface area contributed by atoms with E-state index in [1.54, 1.807) is 12.1 Å². The molecule has 4 rings (SSSR count). The molecule has 5 nitrogen and oxygen atoms in total. The zero-order valence-electron chi connectivity index (χ0n) is 15.8. The number of hydrogen-bond acceptors (Lipinski definition) is 5. The van der Waals surface area contributed by atoms with E-state index in [0.717, 1.165) is 28.5 Å². The van der Waals surface area contributed by atoms with E-state index in [1.165, 1.54) is 33.8 Å². The van der Waals surface area contributed by atoms with Gasteiger partial charge in [0, 0.05) is 38.0 Å². The van der Waals surface area contributed by atoms with Crippen molar-refractivity contribution in [2.45, 2.75) is 11.3 Å². The summed E-state index contributed by atoms with van der Waals surface area (Å²) in [4.78, 5) is 6.77. The van der Waals surface area contributed by atoms with E-state index in [0.29, 0.717) is 32.6 Å². The molecule has 1 fully saturated rings. The Bertz CT molecular complexity index is 1150. The van der Waals surface area contributed by atoms with Crippen LogP contribution in [0.2, 0.25) is 5.02 Å². The summed E-state index contributed by atoms with van der Waals surface area (Å²) in [6, 6.07) is 9.47. The Kier molecular flexibility index (Phi) is 6.06. The minimum absolute atomic E-state index is 0.0847. The lowest BCUT2D eigenvalue weighted by molar-refractivity contribution is 0.384. The highest BCUT2D eigenvalue weighted by molar-refractivity contribution is 7.89. The van der Waals surface area contributed by atoms with E-state index in [4.69, 9.17) is 11.6 Å². The Morgan fingerprint density at radius 3 is 2.40 bits per heavy atom. The van der Waals surface area contributed by atoms with Crippen molar-refractivity contribution >= 4 is 38.1 Å². The van der Waals surface area contributed by atoms with Gasteiger partial charge in [-0.15, -0.1) is 11.3 Å². The number of sulfonamides is 1. The van der Waals surface area contributed by atoms with Crippen molar-refractivity contribution in [3.8, 4) is 0 Å². The van der Waals surface area contributed by atoms with Crippen LogP contribution in [-0.2, 0) is 16.4 Å². The number of benzene rings is 2. The molecule has 0 N–H and O–H groups in total. The first-order valence-electron chi connectivity index (χ1n) is 9.22. The lowest BCUT2D eigenvalue weighted by Gasteiger charge is -2.33. The molecule has 0 spiro atoms. The zero-order valence-corrected chi connectivity index (χ0v) is 18.2. The van der Waals surface area contributed by atoms with Gasteiger partial charge in [0.05, 0.1) is 15.6 Å². The Hall–Kier alpha value is -2.07. The molecule has 0 aliphatic carbocycles. The van der Waals surface area contributed by atoms with Crippen LogP contribution in [0.1, 0.15) is 11.3 Å². The van der Waals surface area contributed by atoms with Gasteiger partial charge in [0.25, 0.3) is 0 Å². The molecule has 3 aromatic rings. The van der Waals surface area contributed by atoms with Crippen LogP contribution >= 0.6 is 22.9 Å². The summed E-state index contributed by atoms with van der Waals surface area (Å²) in [5.74, 6) is -0.922. The Balaban J connectivity index is 1.40. The van der Waals surface area contributed by atoms with Gasteiger partial charge in [-0.05, 0) is 42.0 Å². The minimum atomic E-state index is -3.65. The van der Waals surface area contributed by atoms with Crippen LogP contribution < -0.4 is 4.90 Å². The third kappa shape index (κ3) is 4.49. The van der Waals surface area contributed by atoms with Crippen LogP contribution in [0.4, 0.5) is 13.9 Å². The SMILES string of the molecule is O=S(=O)(c1ccc(F)cc1)N1CCN(c2nc(Cc3ccc(F)c(Cl)c3)cs2)CC1. The molecule has 1 aromatic heterocycles. The smallest absolute Gasteiger partial charge is 0.243 e. The fourth-order valence-electron chi connectivity index (χ4n) is 3.26. The highest BCUT2D eigenvalue weighted by atomic mass is 35.5. The van der Waals surface area contributed by atoms with E-state index in [-0.39, 0.29) is 9.92 Å². The highest BCUT2D eigenvalue weighted by Gasteiger charge is 2.29. The van der Waals surface area contributed by atoms with Crippen LogP contribution in [0.5, 0.6) is 0 Å². The monoisotopic (exact) mass is 469 g/mol. The second kappa shape index (κ2) is 8.58. The number of piperazine rings is 1. The molecular formula is C20H18ClF2N3O2S2. The maximum atomic E-state index is 13.3. The van der Waals surface area contributed by atoms with Gasteiger partial charge in [-0.2, -0.15) is 4.31 Å². The number of rotatable bonds is 5. The predicted octanol–water partition coefficient (Wildman–Crippen LogP) is 4.18. The van der Waals surface area contributed by atoms with Crippen molar-refractivity contribution in [1.29, 1.82) is 0 Å². The van der Waals surface area contributed by atoms with Gasteiger partial charge >= 0.3 is 0 Å². The summed E-state index contributed by atoms with van der Waals surface area (Å²) < 4.78 is 53.3. The van der Waals surface area contributed by atoms with Crippen LogP contribution in [0.25, 0.3) is 0 Å². The van der Waals surface area contributed by atoms with E-state index < -0.39 is 21.7 Å². The number of aromatic nitrogens is 1. The normalized spacial score (nSPS) is 15.5. The summed E-state index contributed by atoms with van der Waals surface area (Å²) in [7, 11) is -3.65. The van der Waals surface area contributed by atoms with Gasteiger partial charge in [-0.3, -0.25) is 0 Å². The quantitative estimate of drug-likeness (QED) is 0.562. The maximum absolute atomic E-state index is 13.3. The number of nitrogens with zero attached hydrogens (tertiary/aromatic N) is 3. The van der Waals surface area contributed by atoms with Crippen LogP contribution in [0.3, 0.4) is 0 Å². The molecule has 0 radical (unpaired) electrons. The fraction of sp³-hybridized carbons (Fsp3) is 0.250. The fourth-order valence-corrected chi connectivity index (χ4v) is 5.76. The molecule has 0 unspecified atom stereocenters. The molecule has 2 aromatic carbocycles. The van der Waals surface area contributed by atoms with Crippen molar-refractivity contribution < 1.29 is 17.2 Å². The zero-order chi connectivity index (χ0) is 21.3. The first kappa shape index (κ1) is 21.2. The van der Waals surface area contributed by atoms with Gasteiger partial charge in [0.1, 0.15) is 11.6 Å². The first-order valence-corrected chi connectivity index (χ1v) is 11.9. The molecule has 0 bridgehead atoms. The van der Waals surface area contributed by atoms with Crippen molar-refractivity contribution in [1.82, 2.24) is 9.29 Å². The average molecular weight is 470 g/mol. The molecule has 1 aliphatic rings. The summed E-state index contributed by atoms with van der Waals surface area (Å²) in [5, 5.41) is 2.84. The average Bonchev–Trinajstić information content (AvgIpc) is 3.20. The third-order valence-corrected chi connectivity index (χ3v) is 8.02. The Morgan fingerprint density at radius 2 is 1.73 bits per heavy atom. The number of anilines is 1. The standard InChI is InChI=1S/C20H18ClF2N3O2S2/c21-18-12-14(1-6-19(18)23)11-16-13-29-20(24-16)25-7-9-26(10-8-25)30(27,28)17-4-2-15(22)3-5-17/h1-6,12-13H,7-11H2. The third-order valence-electron chi connectivity index (χ3n) is 4.87. The second-order valence-corrected chi connectivity index (χ2v) is 10.1. The van der Waals surface area contributed by atoms with E-state index >= 15 is 0 Å². The summed E-state index contributed by atoms with van der Waals surface area (Å²) >= 11 is 7.32. The lowest BCUT2D eigenvalue weighted by Crippen LogP contribution is -2.48. The van der Waals surface area contributed by atoms with Crippen molar-refractivity contribution in [2.24, 2.45) is 0 Å². The molecule has 0 saturated carbocycles. The first-order chi connectivity index (χ1) is 14.3. The Labute approximate surface area is 182 Å².